The van der Waals surface area contributed by atoms with Crippen molar-refractivity contribution in [2.24, 2.45) is 4.99 Å². The molecule has 0 fully saturated rings. The highest BCUT2D eigenvalue weighted by atomic mass is 16.6. The predicted octanol–water partition coefficient (Wildman–Crippen LogP) is 3.07. The molecule has 1 rings (SSSR count). The number of aliphatic imine (C=N–C) groups is 1. The predicted molar refractivity (Wildman–Crippen MR) is 79.5 cm³/mol. The molecule has 3 heteroatoms. The van der Waals surface area contributed by atoms with Gasteiger partial charge in [-0.1, -0.05) is 30.9 Å². The van der Waals surface area contributed by atoms with E-state index in [1.165, 1.54) is 12.7 Å². The number of nitrogens with zero attached hydrogens (tertiary/aromatic N) is 1. The van der Waals surface area contributed by atoms with Crippen LogP contribution in [0.2, 0.25) is 0 Å². The Hall–Kier alpha value is -1.71. The first kappa shape index (κ1) is 15.3. The van der Waals surface area contributed by atoms with Crippen molar-refractivity contribution in [3.63, 3.8) is 0 Å². The molecule has 102 valence electrons. The van der Waals surface area contributed by atoms with Gasteiger partial charge in [-0.05, 0) is 43.5 Å². The van der Waals surface area contributed by atoms with E-state index >= 15 is 0 Å². The van der Waals surface area contributed by atoms with Crippen LogP contribution in [0.15, 0.2) is 41.9 Å². The summed E-state index contributed by atoms with van der Waals surface area (Å²) in [7, 11) is 1.40. The van der Waals surface area contributed by atoms with Gasteiger partial charge in [-0.2, -0.15) is 0 Å². The van der Waals surface area contributed by atoms with Gasteiger partial charge < -0.3 is 9.84 Å². The first-order chi connectivity index (χ1) is 8.90. The molecule has 0 aliphatic rings. The highest BCUT2D eigenvalue weighted by Gasteiger charge is 2.13. The van der Waals surface area contributed by atoms with Gasteiger partial charge in [-0.3, -0.25) is 0 Å². The van der Waals surface area contributed by atoms with Crippen molar-refractivity contribution in [1.29, 1.82) is 0 Å². The Bertz CT molecular complexity index is 530. The minimum atomic E-state index is -1.20. The van der Waals surface area contributed by atoms with E-state index in [1.807, 2.05) is 26.8 Å². The molecule has 1 aromatic rings. The van der Waals surface area contributed by atoms with Crippen LogP contribution in [0.3, 0.4) is 0 Å². The molecule has 0 radical (unpaired) electrons. The van der Waals surface area contributed by atoms with Crippen LogP contribution in [0.4, 0.5) is 0 Å². The first-order valence-corrected chi connectivity index (χ1v) is 6.09. The summed E-state index contributed by atoms with van der Waals surface area (Å²) in [6.45, 7) is 13.7. The number of hydrogen-bond donors (Lipinski definition) is 1. The number of methoxy groups -OCH3 is 1. The van der Waals surface area contributed by atoms with Crippen LogP contribution in [0.25, 0.3) is 0 Å². The second-order valence-electron chi connectivity index (χ2n) is 4.52. The lowest BCUT2D eigenvalue weighted by molar-refractivity contribution is -0.0656. The quantitative estimate of drug-likeness (QED) is 0.501. The van der Waals surface area contributed by atoms with Crippen molar-refractivity contribution < 1.29 is 9.84 Å². The van der Waals surface area contributed by atoms with Crippen LogP contribution in [0.1, 0.15) is 22.3 Å². The Morgan fingerprint density at radius 3 is 2.53 bits per heavy atom. The van der Waals surface area contributed by atoms with Crippen LogP contribution in [-0.4, -0.2) is 24.3 Å². The van der Waals surface area contributed by atoms with E-state index in [9.17, 15) is 5.11 Å². The maximum atomic E-state index is 9.58. The molecule has 0 bridgehead atoms. The topological polar surface area (TPSA) is 41.8 Å². The van der Waals surface area contributed by atoms with Crippen molar-refractivity contribution in [3.05, 3.63) is 59.2 Å². The molecule has 0 heterocycles. The Labute approximate surface area is 115 Å². The second-order valence-corrected chi connectivity index (χ2v) is 4.52. The zero-order valence-corrected chi connectivity index (χ0v) is 12.0. The molecule has 0 amide bonds. The normalized spacial score (nSPS) is 13.2. The lowest BCUT2D eigenvalue weighted by Gasteiger charge is -2.15. The third-order valence-electron chi connectivity index (χ3n) is 3.07. The molecular formula is C16H21NO2. The van der Waals surface area contributed by atoms with E-state index in [1.54, 1.807) is 6.08 Å². The van der Waals surface area contributed by atoms with Crippen LogP contribution >= 0.6 is 0 Å². The number of aryl methyl sites for hydroxylation is 2. The fraction of sp³-hybridized carbons (Fsp3) is 0.312. The lowest BCUT2D eigenvalue weighted by atomic mass is 9.94. The average Bonchev–Trinajstić information content (AvgIpc) is 2.39. The molecule has 0 unspecified atom stereocenters. The van der Waals surface area contributed by atoms with Crippen molar-refractivity contribution in [2.45, 2.75) is 27.2 Å². The van der Waals surface area contributed by atoms with Gasteiger partial charge in [0.15, 0.2) is 0 Å². The van der Waals surface area contributed by atoms with Crippen molar-refractivity contribution in [2.75, 3.05) is 7.11 Å². The third kappa shape index (κ3) is 3.63. The Kier molecular flexibility index (Phi) is 5.21. The molecule has 0 aliphatic carbocycles. The van der Waals surface area contributed by atoms with Crippen molar-refractivity contribution >= 4 is 5.71 Å². The van der Waals surface area contributed by atoms with E-state index in [-0.39, 0.29) is 0 Å². The van der Waals surface area contributed by atoms with Gasteiger partial charge in [0.05, 0.1) is 5.71 Å². The average molecular weight is 259 g/mol. The summed E-state index contributed by atoms with van der Waals surface area (Å²) in [5.41, 5.74) is 5.62. The zero-order valence-electron chi connectivity index (χ0n) is 12.0. The van der Waals surface area contributed by atoms with E-state index < -0.39 is 6.41 Å². The van der Waals surface area contributed by atoms with Crippen molar-refractivity contribution in [1.82, 2.24) is 0 Å². The molecule has 0 spiro atoms. The summed E-state index contributed by atoms with van der Waals surface area (Å²) in [5.74, 6) is 0. The van der Waals surface area contributed by atoms with Crippen LogP contribution < -0.4 is 0 Å². The molecule has 1 atom stereocenters. The molecule has 0 saturated carbocycles. The number of allylic oxidation sites excluding steroid dienone is 2. The zero-order chi connectivity index (χ0) is 14.6. The lowest BCUT2D eigenvalue weighted by Crippen LogP contribution is -2.14. The van der Waals surface area contributed by atoms with Crippen LogP contribution in [0, 0.1) is 20.8 Å². The number of hydrogen-bond acceptors (Lipinski definition) is 3. The summed E-state index contributed by atoms with van der Waals surface area (Å²) in [6.07, 6.45) is 0.421. The summed E-state index contributed by atoms with van der Waals surface area (Å²) in [4.78, 5) is 4.16. The smallest absolute Gasteiger partial charge is 0.255 e. The molecule has 19 heavy (non-hydrogen) atoms. The molecule has 0 aromatic heterocycles. The van der Waals surface area contributed by atoms with Gasteiger partial charge in [0.2, 0.25) is 0 Å². The number of benzene rings is 1. The number of aliphatic hydroxyl groups excluding tert-OH is 1. The second kappa shape index (κ2) is 6.45. The Balaban J connectivity index is 3.45. The van der Waals surface area contributed by atoms with Gasteiger partial charge in [0.1, 0.15) is 0 Å². The van der Waals surface area contributed by atoms with Gasteiger partial charge in [0.25, 0.3) is 6.41 Å². The van der Waals surface area contributed by atoms with Gasteiger partial charge in [0, 0.05) is 12.7 Å². The van der Waals surface area contributed by atoms with E-state index in [2.05, 4.69) is 24.2 Å². The van der Waals surface area contributed by atoms with E-state index in [4.69, 9.17) is 4.74 Å². The highest BCUT2D eigenvalue weighted by Crippen LogP contribution is 2.20. The minimum Gasteiger partial charge on any atom is -0.350 e. The van der Waals surface area contributed by atoms with Crippen molar-refractivity contribution in [3.8, 4) is 0 Å². The SMILES string of the molecule is C=CC(=C)C(=N[C@@H](O)OC)c1cc(C)cc(C)c1C. The molecule has 0 aliphatic heterocycles. The largest absolute Gasteiger partial charge is 0.350 e. The summed E-state index contributed by atoms with van der Waals surface area (Å²) >= 11 is 0. The maximum Gasteiger partial charge on any atom is 0.255 e. The minimum absolute atomic E-state index is 0.605. The van der Waals surface area contributed by atoms with Gasteiger partial charge in [-0.25, -0.2) is 4.99 Å². The summed E-state index contributed by atoms with van der Waals surface area (Å²) in [6, 6.07) is 4.14. The van der Waals surface area contributed by atoms with Crippen LogP contribution in [-0.2, 0) is 4.74 Å². The first-order valence-electron chi connectivity index (χ1n) is 6.09. The van der Waals surface area contributed by atoms with Crippen LogP contribution in [0.5, 0.6) is 0 Å². The fourth-order valence-corrected chi connectivity index (χ4v) is 1.87. The standard InChI is InChI=1S/C16H21NO2/c1-7-11(3)15(17-16(18)19-6)14-9-10(2)8-12(4)13(14)5/h7-9,16,18H,1,3H2,2,4-6H3/t16-/m0/s1. The number of ether oxygens (including phenoxy) is 1. The maximum absolute atomic E-state index is 9.58. The number of aliphatic hydroxyl groups is 1. The molecular weight excluding hydrogens is 238 g/mol. The van der Waals surface area contributed by atoms with E-state index in [0.717, 1.165) is 16.7 Å². The Morgan fingerprint density at radius 2 is 2.00 bits per heavy atom. The van der Waals surface area contributed by atoms with Gasteiger partial charge >= 0.3 is 0 Å². The van der Waals surface area contributed by atoms with E-state index in [0.29, 0.717) is 11.3 Å². The number of rotatable bonds is 5. The van der Waals surface area contributed by atoms with Gasteiger partial charge in [-0.15, -0.1) is 0 Å². The summed E-state index contributed by atoms with van der Waals surface area (Å²) < 4.78 is 4.79. The third-order valence-corrected chi connectivity index (χ3v) is 3.07. The fourth-order valence-electron chi connectivity index (χ4n) is 1.87. The molecule has 1 aromatic carbocycles. The summed E-state index contributed by atoms with van der Waals surface area (Å²) in [5, 5.41) is 9.58. The molecule has 1 N–H and O–H groups in total. The monoisotopic (exact) mass is 259 g/mol. The molecule has 3 nitrogen and oxygen atoms in total. The Morgan fingerprint density at radius 1 is 1.37 bits per heavy atom. The molecule has 0 saturated heterocycles. The highest BCUT2D eigenvalue weighted by molar-refractivity contribution is 6.15.